The number of hydrogen-bond acceptors (Lipinski definition) is 7. The number of esters is 1. The van der Waals surface area contributed by atoms with Crippen molar-refractivity contribution in [3.8, 4) is 0 Å². The molecule has 0 aliphatic rings. The average molecular weight is 569 g/mol. The van der Waals surface area contributed by atoms with E-state index in [0.717, 1.165) is 5.56 Å². The lowest BCUT2D eigenvalue weighted by Gasteiger charge is -2.25. The summed E-state index contributed by atoms with van der Waals surface area (Å²) in [5.74, 6) is -2.66. The number of carbonyl (C=O) groups excluding carboxylic acids is 5. The summed E-state index contributed by atoms with van der Waals surface area (Å²) in [5.41, 5.74) is 6.78. The van der Waals surface area contributed by atoms with Gasteiger partial charge in [-0.1, -0.05) is 50.3 Å². The molecule has 0 saturated carbocycles. The van der Waals surface area contributed by atoms with Crippen LogP contribution in [0.15, 0.2) is 48.7 Å². The first-order valence-electron chi connectivity index (χ1n) is 13.6. The van der Waals surface area contributed by atoms with Crippen molar-refractivity contribution in [2.24, 2.45) is 11.7 Å². The molecule has 0 aliphatic carbocycles. The molecule has 0 fully saturated rings. The number of primary amides is 1. The monoisotopic (exact) mass is 568 g/mol. The zero-order valence-corrected chi connectivity index (χ0v) is 23.9. The molecule has 1 aromatic heterocycles. The van der Waals surface area contributed by atoms with Crippen LogP contribution < -0.4 is 21.7 Å². The highest BCUT2D eigenvalue weighted by Crippen LogP contribution is 2.10. The molecule has 1 aromatic carbocycles. The van der Waals surface area contributed by atoms with Gasteiger partial charge in [0.15, 0.2) is 5.82 Å². The van der Waals surface area contributed by atoms with Crippen LogP contribution in [-0.2, 0) is 30.3 Å². The van der Waals surface area contributed by atoms with Crippen molar-refractivity contribution in [2.75, 3.05) is 6.61 Å². The number of benzene rings is 1. The van der Waals surface area contributed by atoms with Gasteiger partial charge in [-0.3, -0.25) is 19.2 Å². The third-order valence-corrected chi connectivity index (χ3v) is 5.94. The lowest BCUT2D eigenvalue weighted by molar-refractivity contribution is -0.137. The van der Waals surface area contributed by atoms with Crippen LogP contribution in [0.4, 0.5) is 0 Å². The van der Waals surface area contributed by atoms with Crippen molar-refractivity contribution < 1.29 is 28.7 Å². The van der Waals surface area contributed by atoms with Crippen molar-refractivity contribution in [1.82, 2.24) is 25.9 Å². The van der Waals surface area contributed by atoms with Gasteiger partial charge in [0.25, 0.3) is 5.91 Å². The zero-order chi connectivity index (χ0) is 30.4. The van der Waals surface area contributed by atoms with Crippen molar-refractivity contribution in [3.05, 3.63) is 65.8 Å². The maximum Gasteiger partial charge on any atom is 0.330 e. The summed E-state index contributed by atoms with van der Waals surface area (Å²) < 4.78 is 4.90. The smallest absolute Gasteiger partial charge is 0.330 e. The molecule has 0 aliphatic heterocycles. The molecule has 3 atom stereocenters. The second-order valence-corrected chi connectivity index (χ2v) is 10.1. The van der Waals surface area contributed by atoms with E-state index in [1.807, 2.05) is 44.2 Å². The zero-order valence-electron chi connectivity index (χ0n) is 23.9. The van der Waals surface area contributed by atoms with Gasteiger partial charge in [-0.2, -0.15) is 0 Å². The van der Waals surface area contributed by atoms with Crippen LogP contribution in [-0.4, -0.2) is 64.3 Å². The van der Waals surface area contributed by atoms with Gasteiger partial charge in [0.2, 0.25) is 17.7 Å². The maximum atomic E-state index is 13.5. The predicted molar refractivity (Wildman–Crippen MR) is 152 cm³/mol. The molecule has 41 heavy (non-hydrogen) atoms. The van der Waals surface area contributed by atoms with Crippen molar-refractivity contribution >= 4 is 29.6 Å². The van der Waals surface area contributed by atoms with E-state index in [1.54, 1.807) is 13.8 Å². The average Bonchev–Trinajstić information content (AvgIpc) is 3.36. The van der Waals surface area contributed by atoms with Gasteiger partial charge < -0.3 is 31.4 Å². The Labute approximate surface area is 239 Å². The van der Waals surface area contributed by atoms with Gasteiger partial charge in [-0.25, -0.2) is 9.78 Å². The van der Waals surface area contributed by atoms with Gasteiger partial charge in [0.1, 0.15) is 12.1 Å². The molecule has 2 aromatic rings. The third-order valence-electron chi connectivity index (χ3n) is 5.94. The number of ether oxygens (including phenoxy) is 1. The number of nitrogens with zero attached hydrogens (tertiary/aromatic N) is 1. The number of nitrogens with two attached hydrogens (primary N) is 1. The normalized spacial score (nSPS) is 13.3. The van der Waals surface area contributed by atoms with E-state index in [2.05, 4.69) is 25.9 Å². The minimum atomic E-state index is -1.03. The summed E-state index contributed by atoms with van der Waals surface area (Å²) in [5, 5.41) is 8.28. The number of aryl methyl sites for hydroxylation is 1. The van der Waals surface area contributed by atoms with Crippen molar-refractivity contribution in [2.45, 2.75) is 71.5 Å². The molecular weight excluding hydrogens is 528 g/mol. The first-order chi connectivity index (χ1) is 19.5. The summed E-state index contributed by atoms with van der Waals surface area (Å²) in [6, 6.07) is 6.41. The molecule has 12 heteroatoms. The van der Waals surface area contributed by atoms with Gasteiger partial charge in [0.05, 0.1) is 6.61 Å². The Balaban J connectivity index is 2.27. The Bertz CT molecular complexity index is 1210. The van der Waals surface area contributed by atoms with Crippen LogP contribution in [0, 0.1) is 12.8 Å². The SMILES string of the molecule is CCOC(=O)/C=C/[C@H](CCC(N)=O)NC(=O)[C@H](Cc1ccccc1)NC(=O)[C@H](CC(C)C)NC(=O)c1ncc(C)[nH]1. The Morgan fingerprint density at radius 2 is 1.71 bits per heavy atom. The van der Waals surface area contributed by atoms with E-state index >= 15 is 0 Å². The quantitative estimate of drug-likeness (QED) is 0.150. The largest absolute Gasteiger partial charge is 0.463 e. The number of imidazole rings is 1. The lowest BCUT2D eigenvalue weighted by Crippen LogP contribution is -2.55. The van der Waals surface area contributed by atoms with E-state index in [-0.39, 0.29) is 37.6 Å². The highest BCUT2D eigenvalue weighted by atomic mass is 16.5. The van der Waals surface area contributed by atoms with Crippen LogP contribution >= 0.6 is 0 Å². The maximum absolute atomic E-state index is 13.5. The molecular formula is C29H40N6O6. The summed E-state index contributed by atoms with van der Waals surface area (Å²) in [6.45, 7) is 7.43. The number of aromatic nitrogens is 2. The molecule has 222 valence electrons. The van der Waals surface area contributed by atoms with Crippen LogP contribution in [0.3, 0.4) is 0 Å². The molecule has 1 heterocycles. The summed E-state index contributed by atoms with van der Waals surface area (Å²) in [7, 11) is 0. The standard InChI is InChI=1S/C29H40N6O6/c1-5-41-25(37)14-12-21(11-13-24(30)36)33-27(38)23(16-20-9-7-6-8-10-20)34-28(39)22(15-18(2)3)35-29(40)26-31-17-19(4)32-26/h6-10,12,14,17-18,21-23H,5,11,13,15-16H2,1-4H3,(H2,30,36)(H,31,32)(H,33,38)(H,34,39)(H,35,40)/b14-12+/t21-,22-,23-/m0/s1. The lowest BCUT2D eigenvalue weighted by atomic mass is 10.0. The number of hydrogen-bond donors (Lipinski definition) is 5. The Morgan fingerprint density at radius 1 is 1.02 bits per heavy atom. The second-order valence-electron chi connectivity index (χ2n) is 10.1. The number of H-pyrrole nitrogens is 1. The summed E-state index contributed by atoms with van der Waals surface area (Å²) >= 11 is 0. The number of amides is 4. The predicted octanol–water partition coefficient (Wildman–Crippen LogP) is 1.46. The van der Waals surface area contributed by atoms with Crippen LogP contribution in [0.1, 0.15) is 61.9 Å². The van der Waals surface area contributed by atoms with E-state index in [4.69, 9.17) is 10.5 Å². The molecule has 0 bridgehead atoms. The minimum absolute atomic E-state index is 0.0391. The number of rotatable bonds is 16. The van der Waals surface area contributed by atoms with E-state index in [0.29, 0.717) is 12.1 Å². The Kier molecular flexibility index (Phi) is 13.2. The highest BCUT2D eigenvalue weighted by Gasteiger charge is 2.29. The molecule has 0 radical (unpaired) electrons. The molecule has 0 unspecified atom stereocenters. The van der Waals surface area contributed by atoms with E-state index < -0.39 is 47.7 Å². The van der Waals surface area contributed by atoms with Crippen molar-refractivity contribution in [3.63, 3.8) is 0 Å². The van der Waals surface area contributed by atoms with Gasteiger partial charge >= 0.3 is 5.97 Å². The highest BCUT2D eigenvalue weighted by molar-refractivity contribution is 5.96. The third kappa shape index (κ3) is 12.1. The molecule has 2 rings (SSSR count). The van der Waals surface area contributed by atoms with Gasteiger partial charge in [-0.05, 0) is 38.2 Å². The fourth-order valence-electron chi connectivity index (χ4n) is 3.97. The molecule has 0 saturated heterocycles. The van der Waals surface area contributed by atoms with Crippen molar-refractivity contribution in [1.29, 1.82) is 0 Å². The van der Waals surface area contributed by atoms with E-state index in [9.17, 15) is 24.0 Å². The van der Waals surface area contributed by atoms with E-state index in [1.165, 1.54) is 18.3 Å². The van der Waals surface area contributed by atoms with Crippen LogP contribution in [0.2, 0.25) is 0 Å². The second kappa shape index (κ2) is 16.6. The topological polar surface area (TPSA) is 185 Å². The number of carbonyl (C=O) groups is 5. The first kappa shape index (κ1) is 32.7. The van der Waals surface area contributed by atoms with Crippen LogP contribution in [0.25, 0.3) is 0 Å². The van der Waals surface area contributed by atoms with Gasteiger partial charge in [0, 0.05) is 36.9 Å². The molecule has 6 N–H and O–H groups in total. The minimum Gasteiger partial charge on any atom is -0.463 e. The Morgan fingerprint density at radius 3 is 2.29 bits per heavy atom. The Hall–Kier alpha value is -4.48. The van der Waals surface area contributed by atoms with Crippen LogP contribution in [0.5, 0.6) is 0 Å². The molecule has 0 spiro atoms. The fourth-order valence-corrected chi connectivity index (χ4v) is 3.97. The van der Waals surface area contributed by atoms with Gasteiger partial charge in [-0.15, -0.1) is 0 Å². The summed E-state index contributed by atoms with van der Waals surface area (Å²) in [4.78, 5) is 69.8. The number of aromatic amines is 1. The number of nitrogens with one attached hydrogen (secondary N) is 4. The molecule has 12 nitrogen and oxygen atoms in total. The summed E-state index contributed by atoms with van der Waals surface area (Å²) in [6.07, 6.45) is 4.68. The molecule has 4 amide bonds. The fraction of sp³-hybridized carbons (Fsp3) is 0.448. The first-order valence-corrected chi connectivity index (χ1v) is 13.6.